The zero-order chi connectivity index (χ0) is 21.8. The Morgan fingerprint density at radius 3 is 2.38 bits per heavy atom. The van der Waals surface area contributed by atoms with Gasteiger partial charge in [0.2, 0.25) is 3.79 Å². The van der Waals surface area contributed by atoms with E-state index in [0.717, 1.165) is 19.3 Å². The van der Waals surface area contributed by atoms with Gasteiger partial charge in [-0.15, -0.1) is 0 Å². The van der Waals surface area contributed by atoms with E-state index >= 15 is 0 Å². The van der Waals surface area contributed by atoms with Gasteiger partial charge in [0.15, 0.2) is 0 Å². The van der Waals surface area contributed by atoms with Crippen molar-refractivity contribution >= 4 is 52.3 Å². The largest absolute Gasteiger partial charge is 0.446 e. The quantitative estimate of drug-likeness (QED) is 0.236. The highest BCUT2D eigenvalue weighted by atomic mass is 35.6. The maximum Gasteiger partial charge on any atom is 0.409 e. The van der Waals surface area contributed by atoms with E-state index in [2.05, 4.69) is 31.4 Å². The average Bonchev–Trinajstić information content (AvgIpc) is 2.60. The van der Waals surface area contributed by atoms with Crippen LogP contribution < -0.4 is 10.6 Å². The normalized spacial score (nSPS) is 23.3. The van der Waals surface area contributed by atoms with Gasteiger partial charge in [0.1, 0.15) is 12.3 Å². The van der Waals surface area contributed by atoms with Gasteiger partial charge in [-0.1, -0.05) is 62.0 Å². The summed E-state index contributed by atoms with van der Waals surface area (Å²) in [6.45, 7) is 6.38. The maximum absolute atomic E-state index is 12.5. The maximum atomic E-state index is 12.5. The summed E-state index contributed by atoms with van der Waals surface area (Å²) >= 11 is 18.0. The molecule has 0 aromatic heterocycles. The lowest BCUT2D eigenvalue weighted by atomic mass is 9.75. The average molecular weight is 467 g/mol. The minimum absolute atomic E-state index is 0.0699. The molecule has 10 heteroatoms. The number of ether oxygens (including phenoxy) is 1. The van der Waals surface area contributed by atoms with Crippen LogP contribution in [0.25, 0.3) is 0 Å². The summed E-state index contributed by atoms with van der Waals surface area (Å²) in [4.78, 5) is 22.8. The molecule has 162 valence electrons. The van der Waals surface area contributed by atoms with Crippen LogP contribution in [0.3, 0.4) is 0 Å². The second-order valence-electron chi connectivity index (χ2n) is 7.84. The number of carbonyl (C=O) groups excluding carboxylic acids is 1. The third kappa shape index (κ3) is 7.08. The third-order valence-electron chi connectivity index (χ3n) is 5.20. The van der Waals surface area contributed by atoms with Gasteiger partial charge in [0, 0.05) is 17.8 Å². The Balaban J connectivity index is 2.05. The molecule has 1 amide bonds. The smallest absolute Gasteiger partial charge is 0.409 e. The third-order valence-corrected chi connectivity index (χ3v) is 5.85. The first-order valence-electron chi connectivity index (χ1n) is 9.52. The van der Waals surface area contributed by atoms with Gasteiger partial charge in [-0.3, -0.25) is 15.4 Å². The minimum atomic E-state index is -1.88. The van der Waals surface area contributed by atoms with Crippen LogP contribution in [0.5, 0.6) is 0 Å². The number of benzene rings is 1. The second-order valence-corrected chi connectivity index (χ2v) is 10.2. The molecule has 1 aromatic rings. The molecule has 1 aromatic carbocycles. The topological polar surface area (TPSA) is 93.5 Å². The monoisotopic (exact) mass is 465 g/mol. The minimum Gasteiger partial charge on any atom is -0.446 e. The molecule has 7 nitrogen and oxygen atoms in total. The predicted molar refractivity (Wildman–Crippen MR) is 116 cm³/mol. The van der Waals surface area contributed by atoms with Crippen molar-refractivity contribution < 1.29 is 14.5 Å². The van der Waals surface area contributed by atoms with E-state index in [-0.39, 0.29) is 17.7 Å². The molecule has 1 saturated carbocycles. The zero-order valence-corrected chi connectivity index (χ0v) is 18.8. The summed E-state index contributed by atoms with van der Waals surface area (Å²) < 4.78 is 3.82. The van der Waals surface area contributed by atoms with Crippen LogP contribution in [0.1, 0.15) is 40.0 Å². The van der Waals surface area contributed by atoms with E-state index in [1.807, 2.05) is 0 Å². The van der Waals surface area contributed by atoms with E-state index in [1.165, 1.54) is 24.3 Å². The van der Waals surface area contributed by atoms with E-state index in [0.29, 0.717) is 17.5 Å². The van der Waals surface area contributed by atoms with Crippen LogP contribution in [-0.2, 0) is 4.74 Å². The summed E-state index contributed by atoms with van der Waals surface area (Å²) in [6, 6.07) is 5.55. The van der Waals surface area contributed by atoms with Crippen molar-refractivity contribution in [3.63, 3.8) is 0 Å². The summed E-state index contributed by atoms with van der Waals surface area (Å²) in [5.41, 5.74) is 0.373. The molecule has 1 fully saturated rings. The van der Waals surface area contributed by atoms with Crippen LogP contribution in [0.15, 0.2) is 24.3 Å². The molecular weight excluding hydrogens is 441 g/mol. The molecule has 2 rings (SSSR count). The number of carbonyl (C=O) groups is 1. The lowest BCUT2D eigenvalue weighted by molar-refractivity contribution is -0.384. The van der Waals surface area contributed by atoms with Crippen LogP contribution in [-0.4, -0.2) is 27.1 Å². The summed E-state index contributed by atoms with van der Waals surface area (Å²) in [6.07, 6.45) is 0.938. The Bertz CT molecular complexity index is 710. The summed E-state index contributed by atoms with van der Waals surface area (Å²) in [5.74, 6) is 1.15. The molecule has 29 heavy (non-hydrogen) atoms. The molecule has 0 aliphatic heterocycles. The fraction of sp³-hybridized carbons (Fsp3) is 0.632. The Kier molecular flexibility index (Phi) is 8.26. The van der Waals surface area contributed by atoms with Gasteiger partial charge in [-0.2, -0.15) is 0 Å². The highest BCUT2D eigenvalue weighted by molar-refractivity contribution is 6.68. The standard InChI is InChI=1S/C19H26Cl3N3O4/c1-11(2)15-9-4-12(3)10-16(15)29-18(26)24-17(19(20,21)22)23-13-5-7-14(8-6-13)25(27)28/h5-8,11-12,15-17,23H,4,9-10H2,1-3H3,(H,24,26)/t12-,15-,16-,17-/m1/s1. The van der Waals surface area contributed by atoms with Crippen molar-refractivity contribution in [3.8, 4) is 0 Å². The molecule has 0 spiro atoms. The molecule has 2 N–H and O–H groups in total. The van der Waals surface area contributed by atoms with Gasteiger partial charge in [-0.05, 0) is 42.7 Å². The van der Waals surface area contributed by atoms with E-state index in [1.54, 1.807) is 0 Å². The SMILES string of the molecule is CC(C)[C@H]1CC[C@@H](C)C[C@H]1OC(=O)N[C@@H](Nc1ccc([N+](=O)[O-])cc1)C(Cl)(Cl)Cl. The Morgan fingerprint density at radius 1 is 1.24 bits per heavy atom. The first-order chi connectivity index (χ1) is 13.5. The number of anilines is 1. The zero-order valence-electron chi connectivity index (χ0n) is 16.5. The van der Waals surface area contributed by atoms with Crippen molar-refractivity contribution in [2.45, 2.75) is 56.1 Å². The van der Waals surface area contributed by atoms with Gasteiger partial charge in [0.25, 0.3) is 5.69 Å². The number of nitrogens with one attached hydrogen (secondary N) is 2. The predicted octanol–water partition coefficient (Wildman–Crippen LogP) is 5.89. The molecule has 0 heterocycles. The number of alkyl carbamates (subject to hydrolysis) is 1. The molecule has 1 aliphatic carbocycles. The number of nitro groups is 1. The lowest BCUT2D eigenvalue weighted by Gasteiger charge is -2.37. The highest BCUT2D eigenvalue weighted by Gasteiger charge is 2.37. The number of hydrogen-bond donors (Lipinski definition) is 2. The van der Waals surface area contributed by atoms with Gasteiger partial charge < -0.3 is 10.1 Å². The number of alkyl halides is 3. The fourth-order valence-electron chi connectivity index (χ4n) is 3.59. The first kappa shape index (κ1) is 23.8. The van der Waals surface area contributed by atoms with E-state index in [9.17, 15) is 14.9 Å². The number of hydrogen-bond acceptors (Lipinski definition) is 5. The highest BCUT2D eigenvalue weighted by Crippen LogP contribution is 2.36. The number of rotatable bonds is 6. The molecular formula is C19H26Cl3N3O4. The first-order valence-corrected chi connectivity index (χ1v) is 10.7. The van der Waals surface area contributed by atoms with Crippen LogP contribution in [0, 0.1) is 27.9 Å². The molecule has 0 bridgehead atoms. The van der Waals surface area contributed by atoms with E-state index in [4.69, 9.17) is 39.5 Å². The van der Waals surface area contributed by atoms with Gasteiger partial charge in [-0.25, -0.2) is 4.79 Å². The Labute approximate surface area is 185 Å². The van der Waals surface area contributed by atoms with Crippen molar-refractivity contribution in [1.82, 2.24) is 5.32 Å². The number of amides is 1. The molecule has 0 unspecified atom stereocenters. The van der Waals surface area contributed by atoms with Crippen molar-refractivity contribution in [2.24, 2.45) is 17.8 Å². The van der Waals surface area contributed by atoms with Crippen molar-refractivity contribution in [1.29, 1.82) is 0 Å². The Hall–Kier alpha value is -1.44. The molecule has 4 atom stereocenters. The van der Waals surface area contributed by atoms with Gasteiger partial charge >= 0.3 is 6.09 Å². The summed E-state index contributed by atoms with van der Waals surface area (Å²) in [7, 11) is 0. The summed E-state index contributed by atoms with van der Waals surface area (Å²) in [5, 5.41) is 16.2. The Morgan fingerprint density at radius 2 is 1.86 bits per heavy atom. The van der Waals surface area contributed by atoms with Gasteiger partial charge in [0.05, 0.1) is 4.92 Å². The number of nitro benzene ring substituents is 1. The second kappa shape index (κ2) is 10.0. The number of non-ortho nitro benzene ring substituents is 1. The van der Waals surface area contributed by atoms with Crippen molar-refractivity contribution in [3.05, 3.63) is 34.4 Å². The number of halogens is 3. The van der Waals surface area contributed by atoms with E-state index < -0.39 is 21.0 Å². The van der Waals surface area contributed by atoms with Crippen LogP contribution >= 0.6 is 34.8 Å². The van der Waals surface area contributed by atoms with Crippen molar-refractivity contribution in [2.75, 3.05) is 5.32 Å². The van der Waals surface area contributed by atoms with Crippen LogP contribution in [0.4, 0.5) is 16.2 Å². The molecule has 0 radical (unpaired) electrons. The number of nitrogens with zero attached hydrogens (tertiary/aromatic N) is 1. The molecule has 1 aliphatic rings. The van der Waals surface area contributed by atoms with Crippen LogP contribution in [0.2, 0.25) is 0 Å². The lowest BCUT2D eigenvalue weighted by Crippen LogP contribution is -2.50. The molecule has 0 saturated heterocycles. The fourth-order valence-corrected chi connectivity index (χ4v) is 3.91.